The van der Waals surface area contributed by atoms with Gasteiger partial charge in [-0.3, -0.25) is 0 Å². The molecule has 0 atom stereocenters. The van der Waals surface area contributed by atoms with Crippen molar-refractivity contribution in [3.05, 3.63) is 0 Å². The fourth-order valence-corrected chi connectivity index (χ4v) is 0. The topological polar surface area (TPSA) is 20.2 Å². The molecular weight excluding hydrogens is 98.5 g/mol. The zero-order valence-corrected chi connectivity index (χ0v) is 6.00. The third-order valence-corrected chi connectivity index (χ3v) is 0.254. The van der Waals surface area contributed by atoms with Crippen molar-refractivity contribution in [1.29, 1.82) is 0 Å². The molecule has 3 heteroatoms. The minimum absolute atomic E-state index is 0. The van der Waals surface area contributed by atoms with Crippen LogP contribution in [-0.2, 0) is 0 Å². The quantitative estimate of drug-likeness (QED) is 0.284. The van der Waals surface area contributed by atoms with Gasteiger partial charge in [0.2, 0.25) is 0 Å². The van der Waals surface area contributed by atoms with E-state index in [4.69, 9.17) is 16.7 Å². The maximum atomic E-state index is 7.74. The molecule has 0 saturated heterocycles. The first kappa shape index (κ1) is 9.54. The van der Waals surface area contributed by atoms with Crippen LogP contribution in [0.2, 0.25) is 0 Å². The molecule has 0 radical (unpaired) electrons. The normalized spacial score (nSPS) is 6.00. The van der Waals surface area contributed by atoms with Crippen LogP contribution in [0.4, 0.5) is 0 Å². The number of rotatable bonds is 1. The molecule has 0 aromatic carbocycles. The smallest absolute Gasteiger partial charge is 1.00 e. The van der Waals surface area contributed by atoms with Crippen molar-refractivity contribution in [1.82, 2.24) is 0 Å². The van der Waals surface area contributed by atoms with Gasteiger partial charge in [0, 0.05) is 5.88 Å². The molecular formula is C2H6ClNaO. The van der Waals surface area contributed by atoms with Crippen molar-refractivity contribution in [2.75, 3.05) is 12.5 Å². The molecule has 1 nitrogen and oxygen atoms in total. The van der Waals surface area contributed by atoms with Gasteiger partial charge in [0.15, 0.2) is 0 Å². The number of halogens is 1. The third-order valence-electron chi connectivity index (χ3n) is 0.0845. The Morgan fingerprint density at radius 1 is 1.80 bits per heavy atom. The summed E-state index contributed by atoms with van der Waals surface area (Å²) in [7, 11) is 0. The van der Waals surface area contributed by atoms with Gasteiger partial charge in [0.05, 0.1) is 6.61 Å². The SMILES string of the molecule is OCCCl.[H-].[Na+]. The molecule has 0 rings (SSSR count). The minimum Gasteiger partial charge on any atom is -1.00 e. The number of hydrogen-bond donors (Lipinski definition) is 1. The summed E-state index contributed by atoms with van der Waals surface area (Å²) >= 11 is 4.94. The summed E-state index contributed by atoms with van der Waals surface area (Å²) in [4.78, 5) is 0. The number of hydrogen-bond acceptors (Lipinski definition) is 1. The van der Waals surface area contributed by atoms with Crippen molar-refractivity contribution >= 4 is 11.6 Å². The predicted molar refractivity (Wildman–Crippen MR) is 18.9 cm³/mol. The van der Waals surface area contributed by atoms with Gasteiger partial charge in [-0.1, -0.05) is 0 Å². The first-order valence-corrected chi connectivity index (χ1v) is 1.62. The summed E-state index contributed by atoms with van der Waals surface area (Å²) in [6.45, 7) is 0.0849. The maximum Gasteiger partial charge on any atom is 1.00 e. The molecule has 0 amide bonds. The summed E-state index contributed by atoms with van der Waals surface area (Å²) in [5, 5.41) is 7.74. The summed E-state index contributed by atoms with van der Waals surface area (Å²) < 4.78 is 0. The van der Waals surface area contributed by atoms with Gasteiger partial charge >= 0.3 is 29.6 Å². The minimum atomic E-state index is 0. The van der Waals surface area contributed by atoms with Crippen LogP contribution in [-0.4, -0.2) is 17.6 Å². The maximum absolute atomic E-state index is 7.74. The van der Waals surface area contributed by atoms with E-state index in [0.29, 0.717) is 5.88 Å². The van der Waals surface area contributed by atoms with Crippen LogP contribution in [0.3, 0.4) is 0 Å². The van der Waals surface area contributed by atoms with Crippen molar-refractivity contribution in [2.24, 2.45) is 0 Å². The van der Waals surface area contributed by atoms with Crippen molar-refractivity contribution in [2.45, 2.75) is 0 Å². The van der Waals surface area contributed by atoms with Crippen LogP contribution in [0, 0.1) is 0 Å². The van der Waals surface area contributed by atoms with Crippen LogP contribution in [0.15, 0.2) is 0 Å². The molecule has 0 bridgehead atoms. The second kappa shape index (κ2) is 8.98. The molecule has 0 aliphatic heterocycles. The van der Waals surface area contributed by atoms with Gasteiger partial charge in [-0.2, -0.15) is 0 Å². The number of aliphatic hydroxyl groups excluding tert-OH is 1. The average Bonchev–Trinajstić information content (AvgIpc) is 1.37. The molecule has 0 aromatic rings. The largest absolute Gasteiger partial charge is 1.00 e. The van der Waals surface area contributed by atoms with Crippen LogP contribution < -0.4 is 29.6 Å². The van der Waals surface area contributed by atoms with Gasteiger partial charge < -0.3 is 6.53 Å². The van der Waals surface area contributed by atoms with E-state index in [2.05, 4.69) is 0 Å². The summed E-state index contributed by atoms with van der Waals surface area (Å²) in [6, 6.07) is 0. The number of alkyl halides is 1. The first-order chi connectivity index (χ1) is 1.91. The van der Waals surface area contributed by atoms with E-state index in [1.165, 1.54) is 0 Å². The molecule has 0 heterocycles. The van der Waals surface area contributed by atoms with Gasteiger partial charge in [0.1, 0.15) is 0 Å². The fourth-order valence-electron chi connectivity index (χ4n) is 0. The monoisotopic (exact) mass is 104 g/mol. The van der Waals surface area contributed by atoms with E-state index in [-0.39, 0.29) is 37.6 Å². The Hall–Kier alpha value is 1.25. The molecule has 0 spiro atoms. The summed E-state index contributed by atoms with van der Waals surface area (Å²) in [5.74, 6) is 0.347. The van der Waals surface area contributed by atoms with Crippen LogP contribution in [0.25, 0.3) is 0 Å². The van der Waals surface area contributed by atoms with E-state index in [1.807, 2.05) is 0 Å². The molecule has 0 aliphatic rings. The van der Waals surface area contributed by atoms with Gasteiger partial charge in [0.25, 0.3) is 0 Å². The van der Waals surface area contributed by atoms with E-state index in [9.17, 15) is 0 Å². The van der Waals surface area contributed by atoms with Gasteiger partial charge in [-0.05, 0) is 0 Å². The van der Waals surface area contributed by atoms with Crippen LogP contribution >= 0.6 is 11.6 Å². The van der Waals surface area contributed by atoms with Crippen LogP contribution in [0.5, 0.6) is 0 Å². The Labute approximate surface area is 60.1 Å². The Kier molecular flexibility index (Phi) is 17.1. The van der Waals surface area contributed by atoms with E-state index in [1.54, 1.807) is 0 Å². The molecule has 1 N–H and O–H groups in total. The van der Waals surface area contributed by atoms with Crippen molar-refractivity contribution in [3.8, 4) is 0 Å². The van der Waals surface area contributed by atoms with Crippen molar-refractivity contribution in [3.63, 3.8) is 0 Å². The summed E-state index contributed by atoms with van der Waals surface area (Å²) in [6.07, 6.45) is 0. The third kappa shape index (κ3) is 11.0. The fraction of sp³-hybridized carbons (Fsp3) is 1.00. The Bertz CT molecular complexity index is 15.5. The second-order valence-electron chi connectivity index (χ2n) is 0.413. The first-order valence-electron chi connectivity index (χ1n) is 1.08. The molecule has 0 aliphatic carbocycles. The predicted octanol–water partition coefficient (Wildman–Crippen LogP) is -2.67. The van der Waals surface area contributed by atoms with E-state index < -0.39 is 0 Å². The van der Waals surface area contributed by atoms with E-state index in [0.717, 1.165) is 0 Å². The molecule has 28 valence electrons. The van der Waals surface area contributed by atoms with Crippen LogP contribution in [0.1, 0.15) is 1.43 Å². The zero-order valence-electron chi connectivity index (χ0n) is 4.24. The standard InChI is InChI=1S/C2H5ClO.Na.H/c3-1-2-4;;/h4H,1-2H2;;/q;+1;-1. The molecule has 0 unspecified atom stereocenters. The second-order valence-corrected chi connectivity index (χ2v) is 0.791. The molecule has 5 heavy (non-hydrogen) atoms. The molecule has 0 saturated carbocycles. The Balaban J connectivity index is -0.0000000450. The Morgan fingerprint density at radius 2 is 2.00 bits per heavy atom. The number of aliphatic hydroxyl groups is 1. The molecule has 0 aromatic heterocycles. The van der Waals surface area contributed by atoms with E-state index >= 15 is 0 Å². The van der Waals surface area contributed by atoms with Crippen molar-refractivity contribution < 1.29 is 36.1 Å². The Morgan fingerprint density at radius 3 is 2.00 bits per heavy atom. The average molecular weight is 105 g/mol. The van der Waals surface area contributed by atoms with Gasteiger partial charge in [-0.25, -0.2) is 0 Å². The zero-order chi connectivity index (χ0) is 3.41. The van der Waals surface area contributed by atoms with Gasteiger partial charge in [-0.15, -0.1) is 11.6 Å². The molecule has 0 fully saturated rings. The summed E-state index contributed by atoms with van der Waals surface area (Å²) in [5.41, 5.74) is 0.